The summed E-state index contributed by atoms with van der Waals surface area (Å²) < 4.78 is 0. The fourth-order valence-corrected chi connectivity index (χ4v) is 2.23. The molecule has 18 heavy (non-hydrogen) atoms. The Balaban J connectivity index is 2.15. The van der Waals surface area contributed by atoms with Crippen molar-refractivity contribution in [3.05, 3.63) is 28.5 Å². The van der Waals surface area contributed by atoms with Gasteiger partial charge in [0.15, 0.2) is 0 Å². The zero-order valence-electron chi connectivity index (χ0n) is 10.2. The fraction of sp³-hybridized carbons (Fsp3) is 0.364. The van der Waals surface area contributed by atoms with Crippen LogP contribution in [0.3, 0.4) is 0 Å². The number of nitrogens with two attached hydrogens (primary N) is 1. The number of anilines is 2. The average molecular weight is 264 g/mol. The van der Waals surface area contributed by atoms with E-state index in [1.54, 1.807) is 11.3 Å². The van der Waals surface area contributed by atoms with Gasteiger partial charge < -0.3 is 10.7 Å². The number of nitrogens with zero attached hydrogens (tertiary/aromatic N) is 3. The second-order valence-electron chi connectivity index (χ2n) is 3.78. The lowest BCUT2D eigenvalue weighted by Crippen LogP contribution is -2.14. The molecule has 0 saturated carbocycles. The first kappa shape index (κ1) is 12.7. The Morgan fingerprint density at radius 1 is 1.28 bits per heavy atom. The molecule has 6 nitrogen and oxygen atoms in total. The standard InChI is InChI=1S/C11H16N6S/c1-2-3-9-10(14-6-15-11(9)17-12)13-4-8-5-18-7-16-8/h5-7H,2-4,12H2,1H3,(H2,13,14,15,17). The fourth-order valence-electron chi connectivity index (χ4n) is 1.67. The SMILES string of the molecule is CCCc1c(NN)ncnc1NCc1cscn1. The molecule has 2 heterocycles. The molecule has 0 aromatic carbocycles. The van der Waals surface area contributed by atoms with Gasteiger partial charge in [0.1, 0.15) is 18.0 Å². The van der Waals surface area contributed by atoms with Gasteiger partial charge in [-0.25, -0.2) is 20.8 Å². The van der Waals surface area contributed by atoms with Crippen molar-refractivity contribution in [2.75, 3.05) is 10.7 Å². The average Bonchev–Trinajstić information content (AvgIpc) is 2.91. The first-order chi connectivity index (χ1) is 8.85. The quantitative estimate of drug-likeness (QED) is 0.544. The third-order valence-corrected chi connectivity index (χ3v) is 3.14. The Morgan fingerprint density at radius 3 is 2.78 bits per heavy atom. The van der Waals surface area contributed by atoms with Gasteiger partial charge in [0.2, 0.25) is 0 Å². The van der Waals surface area contributed by atoms with Crippen LogP contribution in [0.25, 0.3) is 0 Å². The molecule has 0 saturated heterocycles. The van der Waals surface area contributed by atoms with E-state index in [0.717, 1.165) is 29.9 Å². The van der Waals surface area contributed by atoms with Crippen molar-refractivity contribution in [2.45, 2.75) is 26.3 Å². The van der Waals surface area contributed by atoms with E-state index in [-0.39, 0.29) is 0 Å². The van der Waals surface area contributed by atoms with E-state index in [9.17, 15) is 0 Å². The van der Waals surface area contributed by atoms with Crippen LogP contribution in [0.2, 0.25) is 0 Å². The maximum Gasteiger partial charge on any atom is 0.148 e. The normalized spacial score (nSPS) is 10.3. The third-order valence-electron chi connectivity index (χ3n) is 2.50. The van der Waals surface area contributed by atoms with E-state index in [4.69, 9.17) is 5.84 Å². The van der Waals surface area contributed by atoms with Crippen LogP contribution in [-0.2, 0) is 13.0 Å². The molecule has 2 aromatic heterocycles. The van der Waals surface area contributed by atoms with Crippen molar-refractivity contribution < 1.29 is 0 Å². The lowest BCUT2D eigenvalue weighted by atomic mass is 10.1. The Morgan fingerprint density at radius 2 is 2.11 bits per heavy atom. The highest BCUT2D eigenvalue weighted by Gasteiger charge is 2.09. The van der Waals surface area contributed by atoms with Crippen molar-refractivity contribution in [2.24, 2.45) is 5.84 Å². The predicted molar refractivity (Wildman–Crippen MR) is 73.3 cm³/mol. The van der Waals surface area contributed by atoms with Gasteiger partial charge in [0.25, 0.3) is 0 Å². The van der Waals surface area contributed by atoms with Crippen LogP contribution >= 0.6 is 11.3 Å². The van der Waals surface area contributed by atoms with Gasteiger partial charge in [0, 0.05) is 10.9 Å². The molecule has 0 unspecified atom stereocenters. The molecule has 0 spiro atoms. The van der Waals surface area contributed by atoms with E-state index in [2.05, 4.69) is 32.6 Å². The zero-order valence-corrected chi connectivity index (χ0v) is 11.0. The van der Waals surface area contributed by atoms with Gasteiger partial charge >= 0.3 is 0 Å². The molecule has 4 N–H and O–H groups in total. The minimum absolute atomic E-state index is 0.654. The summed E-state index contributed by atoms with van der Waals surface area (Å²) in [4.78, 5) is 12.6. The Labute approximate surface area is 110 Å². The highest BCUT2D eigenvalue weighted by atomic mass is 32.1. The van der Waals surface area contributed by atoms with Gasteiger partial charge in [-0.05, 0) is 6.42 Å². The lowest BCUT2D eigenvalue weighted by Gasteiger charge is -2.12. The Bertz CT molecular complexity index is 484. The van der Waals surface area contributed by atoms with Crippen LogP contribution in [0.15, 0.2) is 17.2 Å². The zero-order chi connectivity index (χ0) is 12.8. The van der Waals surface area contributed by atoms with Gasteiger partial charge in [0.05, 0.1) is 17.7 Å². The molecule has 0 atom stereocenters. The second-order valence-corrected chi connectivity index (χ2v) is 4.50. The van der Waals surface area contributed by atoms with Gasteiger partial charge in [-0.2, -0.15) is 0 Å². The highest BCUT2D eigenvalue weighted by molar-refractivity contribution is 7.07. The molecule has 0 radical (unpaired) electrons. The Hall–Kier alpha value is -1.73. The summed E-state index contributed by atoms with van der Waals surface area (Å²) in [5.74, 6) is 6.95. The number of hydrazine groups is 1. The van der Waals surface area contributed by atoms with E-state index >= 15 is 0 Å². The summed E-state index contributed by atoms with van der Waals surface area (Å²) >= 11 is 1.58. The summed E-state index contributed by atoms with van der Waals surface area (Å²) in [6, 6.07) is 0. The maximum absolute atomic E-state index is 5.46. The molecule has 0 aliphatic heterocycles. The van der Waals surface area contributed by atoms with Crippen LogP contribution in [0.5, 0.6) is 0 Å². The molecule has 0 aliphatic carbocycles. The van der Waals surface area contributed by atoms with Gasteiger partial charge in [-0.15, -0.1) is 11.3 Å². The first-order valence-electron chi connectivity index (χ1n) is 5.76. The maximum atomic E-state index is 5.46. The number of hydrogen-bond acceptors (Lipinski definition) is 7. The van der Waals surface area contributed by atoms with Crippen LogP contribution in [-0.4, -0.2) is 15.0 Å². The third kappa shape index (κ3) is 2.93. The topological polar surface area (TPSA) is 88.8 Å². The van der Waals surface area contributed by atoms with Crippen LogP contribution in [0.4, 0.5) is 11.6 Å². The van der Waals surface area contributed by atoms with Crippen molar-refractivity contribution in [1.29, 1.82) is 0 Å². The summed E-state index contributed by atoms with van der Waals surface area (Å²) in [7, 11) is 0. The van der Waals surface area contributed by atoms with E-state index < -0.39 is 0 Å². The largest absolute Gasteiger partial charge is 0.364 e. The monoisotopic (exact) mass is 264 g/mol. The predicted octanol–water partition coefficient (Wildman–Crippen LogP) is 1.78. The number of aromatic nitrogens is 3. The molecule has 0 aliphatic rings. The van der Waals surface area contributed by atoms with Crippen molar-refractivity contribution >= 4 is 23.0 Å². The summed E-state index contributed by atoms with van der Waals surface area (Å²) in [5, 5.41) is 5.28. The van der Waals surface area contributed by atoms with E-state index in [1.165, 1.54) is 6.33 Å². The Kier molecular flexibility index (Phi) is 4.43. The minimum Gasteiger partial charge on any atom is -0.364 e. The number of hydrogen-bond donors (Lipinski definition) is 3. The minimum atomic E-state index is 0.654. The molecule has 7 heteroatoms. The van der Waals surface area contributed by atoms with Crippen LogP contribution in [0, 0.1) is 0 Å². The van der Waals surface area contributed by atoms with Gasteiger partial charge in [-0.1, -0.05) is 13.3 Å². The molecular weight excluding hydrogens is 248 g/mol. The molecule has 0 fully saturated rings. The lowest BCUT2D eigenvalue weighted by molar-refractivity contribution is 0.895. The van der Waals surface area contributed by atoms with Crippen molar-refractivity contribution in [1.82, 2.24) is 15.0 Å². The summed E-state index contributed by atoms with van der Waals surface area (Å²) in [5.41, 5.74) is 6.44. The van der Waals surface area contributed by atoms with Gasteiger partial charge in [-0.3, -0.25) is 0 Å². The van der Waals surface area contributed by atoms with Crippen molar-refractivity contribution in [3.63, 3.8) is 0 Å². The van der Waals surface area contributed by atoms with Crippen molar-refractivity contribution in [3.8, 4) is 0 Å². The van der Waals surface area contributed by atoms with Crippen LogP contribution in [0.1, 0.15) is 24.6 Å². The van der Waals surface area contributed by atoms with E-state index in [0.29, 0.717) is 12.4 Å². The summed E-state index contributed by atoms with van der Waals surface area (Å²) in [6.07, 6.45) is 3.38. The highest BCUT2D eigenvalue weighted by Crippen LogP contribution is 2.21. The first-order valence-corrected chi connectivity index (χ1v) is 6.70. The van der Waals surface area contributed by atoms with E-state index in [1.807, 2.05) is 10.9 Å². The number of nitrogen functional groups attached to an aromatic ring is 1. The number of rotatable bonds is 6. The molecule has 2 aromatic rings. The molecular formula is C11H16N6S. The summed E-state index contributed by atoms with van der Waals surface area (Å²) in [6.45, 7) is 2.76. The molecule has 2 rings (SSSR count). The smallest absolute Gasteiger partial charge is 0.148 e. The second kappa shape index (κ2) is 6.27. The number of thiazole rings is 1. The van der Waals surface area contributed by atoms with Crippen LogP contribution < -0.4 is 16.6 Å². The number of nitrogens with one attached hydrogen (secondary N) is 2. The molecule has 0 amide bonds. The molecule has 0 bridgehead atoms. The molecule has 96 valence electrons.